The Bertz CT molecular complexity index is 894. The van der Waals surface area contributed by atoms with E-state index in [9.17, 15) is 4.79 Å². The Morgan fingerprint density at radius 3 is 2.64 bits per heavy atom. The van der Waals surface area contributed by atoms with Crippen LogP contribution < -0.4 is 10.1 Å². The lowest BCUT2D eigenvalue weighted by atomic mass is 10.2. The summed E-state index contributed by atoms with van der Waals surface area (Å²) in [6.07, 6.45) is 0. The second kappa shape index (κ2) is 7.87. The molecule has 7 heteroatoms. The fraction of sp³-hybridized carbons (Fsp3) is 0.111. The van der Waals surface area contributed by atoms with Gasteiger partial charge < -0.3 is 10.1 Å². The Morgan fingerprint density at radius 1 is 1.20 bits per heavy atom. The molecule has 1 heterocycles. The fourth-order valence-electron chi connectivity index (χ4n) is 2.11. The average Bonchev–Trinajstić information content (AvgIpc) is 3.03. The van der Waals surface area contributed by atoms with E-state index in [4.69, 9.17) is 27.9 Å². The van der Waals surface area contributed by atoms with E-state index >= 15 is 0 Å². The Morgan fingerprint density at radius 2 is 1.96 bits per heavy atom. The van der Waals surface area contributed by atoms with Crippen LogP contribution in [0.1, 0.15) is 5.69 Å². The van der Waals surface area contributed by atoms with Gasteiger partial charge in [-0.2, -0.15) is 0 Å². The molecule has 0 saturated heterocycles. The third-order valence-electron chi connectivity index (χ3n) is 3.29. The molecule has 0 saturated carbocycles. The van der Waals surface area contributed by atoms with Gasteiger partial charge in [-0.25, -0.2) is 4.98 Å². The van der Waals surface area contributed by atoms with Crippen molar-refractivity contribution in [3.63, 3.8) is 0 Å². The van der Waals surface area contributed by atoms with E-state index in [0.29, 0.717) is 21.5 Å². The minimum Gasteiger partial charge on any atom is -0.484 e. The van der Waals surface area contributed by atoms with Crippen LogP contribution in [-0.4, -0.2) is 17.5 Å². The number of thiazole rings is 1. The van der Waals surface area contributed by atoms with Crippen LogP contribution in [0.4, 0.5) is 5.69 Å². The lowest BCUT2D eigenvalue weighted by Crippen LogP contribution is -2.20. The Kier molecular flexibility index (Phi) is 5.58. The first-order valence-corrected chi connectivity index (χ1v) is 9.05. The molecule has 1 N–H and O–H groups in total. The average molecular weight is 393 g/mol. The van der Waals surface area contributed by atoms with Crippen LogP contribution in [0.2, 0.25) is 10.0 Å². The van der Waals surface area contributed by atoms with E-state index in [2.05, 4.69) is 10.3 Å². The zero-order valence-electron chi connectivity index (χ0n) is 13.3. The molecule has 3 rings (SSSR count). The first kappa shape index (κ1) is 17.7. The maximum absolute atomic E-state index is 12.0. The van der Waals surface area contributed by atoms with Gasteiger partial charge >= 0.3 is 0 Å². The van der Waals surface area contributed by atoms with Gasteiger partial charge in [-0.15, -0.1) is 11.3 Å². The third kappa shape index (κ3) is 4.72. The summed E-state index contributed by atoms with van der Waals surface area (Å²) in [4.78, 5) is 16.4. The highest BCUT2D eigenvalue weighted by Crippen LogP contribution is 2.26. The van der Waals surface area contributed by atoms with E-state index in [1.165, 1.54) is 0 Å². The molecule has 0 atom stereocenters. The number of halogens is 2. The zero-order chi connectivity index (χ0) is 17.8. The van der Waals surface area contributed by atoms with Crippen LogP contribution in [0.25, 0.3) is 10.6 Å². The van der Waals surface area contributed by atoms with Gasteiger partial charge in [0.1, 0.15) is 10.8 Å². The Hall–Kier alpha value is -2.08. The van der Waals surface area contributed by atoms with Gasteiger partial charge in [0.2, 0.25) is 0 Å². The highest BCUT2D eigenvalue weighted by atomic mass is 35.5. The van der Waals surface area contributed by atoms with E-state index in [1.54, 1.807) is 29.5 Å². The predicted molar refractivity (Wildman–Crippen MR) is 103 cm³/mol. The van der Waals surface area contributed by atoms with Gasteiger partial charge in [0.15, 0.2) is 6.61 Å². The summed E-state index contributed by atoms with van der Waals surface area (Å²) >= 11 is 13.5. The third-order valence-corrected chi connectivity index (χ3v) is 4.87. The monoisotopic (exact) mass is 392 g/mol. The van der Waals surface area contributed by atoms with Crippen LogP contribution in [0, 0.1) is 6.92 Å². The molecule has 0 unspecified atom stereocenters. The minimum atomic E-state index is -0.316. The molecule has 1 amide bonds. The molecule has 0 fully saturated rings. The van der Waals surface area contributed by atoms with Crippen molar-refractivity contribution in [1.82, 2.24) is 4.98 Å². The summed E-state index contributed by atoms with van der Waals surface area (Å²) < 4.78 is 5.50. The van der Waals surface area contributed by atoms with E-state index < -0.39 is 0 Å². The Labute approximate surface area is 159 Å². The van der Waals surface area contributed by atoms with Crippen molar-refractivity contribution in [3.8, 4) is 16.3 Å². The molecule has 0 aliphatic heterocycles. The van der Waals surface area contributed by atoms with Crippen molar-refractivity contribution >= 4 is 46.1 Å². The van der Waals surface area contributed by atoms with E-state index in [0.717, 1.165) is 16.3 Å². The fourth-order valence-corrected chi connectivity index (χ4v) is 3.25. The second-order valence-corrected chi connectivity index (χ2v) is 6.98. The van der Waals surface area contributed by atoms with Crippen LogP contribution in [0.5, 0.6) is 5.75 Å². The SMILES string of the molecule is Cc1csc(-c2ccc(OCC(=O)Nc3cc(Cl)ccc3Cl)cc2)n1. The molecule has 25 heavy (non-hydrogen) atoms. The molecule has 4 nitrogen and oxygen atoms in total. The van der Waals surface area contributed by atoms with E-state index in [-0.39, 0.29) is 12.5 Å². The summed E-state index contributed by atoms with van der Waals surface area (Å²) in [5.41, 5.74) is 2.47. The number of aromatic nitrogens is 1. The molecule has 0 spiro atoms. The lowest BCUT2D eigenvalue weighted by Gasteiger charge is -2.09. The summed E-state index contributed by atoms with van der Waals surface area (Å²) in [7, 11) is 0. The van der Waals surface area contributed by atoms with Crippen molar-refractivity contribution in [1.29, 1.82) is 0 Å². The number of nitrogens with one attached hydrogen (secondary N) is 1. The largest absolute Gasteiger partial charge is 0.484 e. The van der Waals surface area contributed by atoms with Crippen molar-refractivity contribution < 1.29 is 9.53 Å². The molecule has 2 aromatic carbocycles. The van der Waals surface area contributed by atoms with Crippen molar-refractivity contribution in [2.75, 3.05) is 11.9 Å². The van der Waals surface area contributed by atoms with Crippen LogP contribution in [0.3, 0.4) is 0 Å². The van der Waals surface area contributed by atoms with Crippen molar-refractivity contribution in [2.45, 2.75) is 6.92 Å². The molecule has 0 bridgehead atoms. The number of carbonyl (C=O) groups is 1. The molecule has 3 aromatic rings. The number of anilines is 1. The molecular weight excluding hydrogens is 379 g/mol. The van der Waals surface area contributed by atoms with Gasteiger partial charge in [0.25, 0.3) is 5.91 Å². The number of aryl methyl sites for hydroxylation is 1. The lowest BCUT2D eigenvalue weighted by molar-refractivity contribution is -0.118. The quantitative estimate of drug-likeness (QED) is 0.628. The number of hydrogen-bond donors (Lipinski definition) is 1. The minimum absolute atomic E-state index is 0.126. The Balaban J connectivity index is 1.58. The number of carbonyl (C=O) groups excluding carboxylic acids is 1. The molecule has 0 aliphatic rings. The summed E-state index contributed by atoms with van der Waals surface area (Å²) in [5.74, 6) is 0.285. The first-order valence-electron chi connectivity index (χ1n) is 7.41. The molecule has 0 aliphatic carbocycles. The molecule has 128 valence electrons. The van der Waals surface area contributed by atoms with Crippen LogP contribution in [-0.2, 0) is 4.79 Å². The maximum atomic E-state index is 12.0. The predicted octanol–water partition coefficient (Wildman–Crippen LogP) is 5.44. The van der Waals surface area contributed by atoms with Crippen molar-refractivity contribution in [3.05, 3.63) is 63.6 Å². The molecular formula is C18H14Cl2N2O2S. The molecule has 1 aromatic heterocycles. The van der Waals surface area contributed by atoms with Gasteiger partial charge in [-0.3, -0.25) is 4.79 Å². The van der Waals surface area contributed by atoms with Crippen molar-refractivity contribution in [2.24, 2.45) is 0 Å². The van der Waals surface area contributed by atoms with Gasteiger partial charge in [0, 0.05) is 21.7 Å². The first-order chi connectivity index (χ1) is 12.0. The summed E-state index contributed by atoms with van der Waals surface area (Å²) in [6, 6.07) is 12.3. The summed E-state index contributed by atoms with van der Waals surface area (Å²) in [6.45, 7) is 1.83. The van der Waals surface area contributed by atoms with Crippen LogP contribution in [0.15, 0.2) is 47.8 Å². The van der Waals surface area contributed by atoms with E-state index in [1.807, 2.05) is 36.6 Å². The summed E-state index contributed by atoms with van der Waals surface area (Å²) in [5, 5.41) is 6.55. The number of amides is 1. The topological polar surface area (TPSA) is 51.2 Å². The standard InChI is InChI=1S/C18H14Cl2N2O2S/c1-11-10-25-18(21-11)12-2-5-14(6-3-12)24-9-17(23)22-16-8-13(19)4-7-15(16)20/h2-8,10H,9H2,1H3,(H,22,23). The van der Waals surface area contributed by atoms with Crippen LogP contribution >= 0.6 is 34.5 Å². The van der Waals surface area contributed by atoms with Gasteiger partial charge in [0.05, 0.1) is 10.7 Å². The normalized spacial score (nSPS) is 10.5. The number of hydrogen-bond acceptors (Lipinski definition) is 4. The highest BCUT2D eigenvalue weighted by molar-refractivity contribution is 7.13. The van der Waals surface area contributed by atoms with Gasteiger partial charge in [-0.05, 0) is 49.4 Å². The highest BCUT2D eigenvalue weighted by Gasteiger charge is 2.08. The zero-order valence-corrected chi connectivity index (χ0v) is 15.6. The van der Waals surface area contributed by atoms with Gasteiger partial charge in [-0.1, -0.05) is 23.2 Å². The number of benzene rings is 2. The second-order valence-electron chi connectivity index (χ2n) is 5.28. The smallest absolute Gasteiger partial charge is 0.262 e. The number of ether oxygens (including phenoxy) is 1. The maximum Gasteiger partial charge on any atom is 0.262 e. The number of rotatable bonds is 5. The molecule has 0 radical (unpaired) electrons. The number of nitrogens with zero attached hydrogens (tertiary/aromatic N) is 1.